The maximum absolute atomic E-state index is 12.2. The minimum atomic E-state index is -4.76. The number of hydrogen-bond acceptors (Lipinski definition) is 4. The molecule has 1 aromatic rings. The molecule has 0 saturated heterocycles. The fourth-order valence-electron chi connectivity index (χ4n) is 2.08. The number of alkyl halides is 3. The fraction of sp³-hybridized carbons (Fsp3) is 0.538. The van der Waals surface area contributed by atoms with Gasteiger partial charge in [-0.1, -0.05) is 0 Å². The van der Waals surface area contributed by atoms with E-state index in [1.54, 1.807) is 0 Å². The molecule has 1 aliphatic rings. The average molecular weight is 328 g/mol. The second kappa shape index (κ2) is 6.72. The van der Waals surface area contributed by atoms with Gasteiger partial charge in [0.25, 0.3) is 0 Å². The zero-order chi connectivity index (χ0) is 14.9. The Balaban J connectivity index is 0.00000220. The van der Waals surface area contributed by atoms with Crippen LogP contribution in [0.25, 0.3) is 0 Å². The van der Waals surface area contributed by atoms with Gasteiger partial charge in [-0.05, 0) is 30.9 Å². The summed E-state index contributed by atoms with van der Waals surface area (Å²) in [5.41, 5.74) is 6.40. The van der Waals surface area contributed by atoms with Crippen molar-refractivity contribution in [3.8, 4) is 11.5 Å². The summed E-state index contributed by atoms with van der Waals surface area (Å²) in [4.78, 5) is 0. The van der Waals surface area contributed by atoms with Crippen LogP contribution in [0.15, 0.2) is 18.2 Å². The summed E-state index contributed by atoms with van der Waals surface area (Å²) < 4.78 is 45.3. The summed E-state index contributed by atoms with van der Waals surface area (Å²) in [5, 5.41) is 9.99. The number of ether oxygens (including phenoxy) is 2. The predicted octanol–water partition coefficient (Wildman–Crippen LogP) is 2.79. The van der Waals surface area contributed by atoms with Gasteiger partial charge in [0, 0.05) is 11.6 Å². The van der Waals surface area contributed by atoms with Crippen LogP contribution in [-0.4, -0.2) is 24.7 Å². The highest BCUT2D eigenvalue weighted by molar-refractivity contribution is 5.85. The van der Waals surface area contributed by atoms with Crippen molar-refractivity contribution in [2.24, 2.45) is 11.7 Å². The van der Waals surface area contributed by atoms with Gasteiger partial charge in [0.1, 0.15) is 11.5 Å². The summed E-state index contributed by atoms with van der Waals surface area (Å²) >= 11 is 0. The van der Waals surface area contributed by atoms with Crippen LogP contribution in [0.2, 0.25) is 0 Å². The minimum absolute atomic E-state index is 0. The SMILES string of the molecule is COc1cc(OC(F)(F)F)ccc1[C@@H](N)[C@@H](O)C1CC1.Cl. The van der Waals surface area contributed by atoms with E-state index in [0.717, 1.165) is 25.0 Å². The van der Waals surface area contributed by atoms with E-state index in [-0.39, 0.29) is 29.8 Å². The van der Waals surface area contributed by atoms with E-state index in [1.807, 2.05) is 0 Å². The predicted molar refractivity (Wildman–Crippen MR) is 72.6 cm³/mol. The van der Waals surface area contributed by atoms with Crippen molar-refractivity contribution in [2.45, 2.75) is 31.3 Å². The topological polar surface area (TPSA) is 64.7 Å². The maximum atomic E-state index is 12.2. The monoisotopic (exact) mass is 327 g/mol. The van der Waals surface area contributed by atoms with Crippen molar-refractivity contribution in [3.63, 3.8) is 0 Å². The van der Waals surface area contributed by atoms with Gasteiger partial charge in [0.05, 0.1) is 19.3 Å². The van der Waals surface area contributed by atoms with Gasteiger partial charge in [0.2, 0.25) is 0 Å². The number of hydrogen-bond donors (Lipinski definition) is 2. The second-order valence-electron chi connectivity index (χ2n) is 4.81. The second-order valence-corrected chi connectivity index (χ2v) is 4.81. The molecule has 1 aromatic carbocycles. The normalized spacial score (nSPS) is 17.6. The molecule has 0 aromatic heterocycles. The van der Waals surface area contributed by atoms with Gasteiger partial charge in [-0.25, -0.2) is 0 Å². The Morgan fingerprint density at radius 1 is 1.33 bits per heavy atom. The third-order valence-corrected chi connectivity index (χ3v) is 3.27. The molecular formula is C13H17ClF3NO3. The maximum Gasteiger partial charge on any atom is 0.573 e. The molecule has 8 heteroatoms. The van der Waals surface area contributed by atoms with Gasteiger partial charge in [-0.15, -0.1) is 25.6 Å². The van der Waals surface area contributed by atoms with Crippen LogP contribution in [-0.2, 0) is 0 Å². The zero-order valence-corrected chi connectivity index (χ0v) is 12.1. The van der Waals surface area contributed by atoms with Crippen LogP contribution in [0, 0.1) is 5.92 Å². The molecule has 2 atom stereocenters. The number of halogens is 4. The number of aliphatic hydroxyl groups is 1. The summed E-state index contributed by atoms with van der Waals surface area (Å²) in [6.07, 6.45) is -3.67. The largest absolute Gasteiger partial charge is 0.573 e. The van der Waals surface area contributed by atoms with Crippen molar-refractivity contribution < 1.29 is 27.8 Å². The van der Waals surface area contributed by atoms with Crippen LogP contribution >= 0.6 is 12.4 Å². The summed E-state index contributed by atoms with van der Waals surface area (Å²) in [5.74, 6) is -0.0639. The molecule has 0 heterocycles. The molecule has 1 fully saturated rings. The van der Waals surface area contributed by atoms with Crippen molar-refractivity contribution in [1.82, 2.24) is 0 Å². The third kappa shape index (κ3) is 4.66. The van der Waals surface area contributed by atoms with E-state index >= 15 is 0 Å². The van der Waals surface area contributed by atoms with E-state index in [4.69, 9.17) is 10.5 Å². The quantitative estimate of drug-likeness (QED) is 0.873. The Hall–Kier alpha value is -1.18. The number of aliphatic hydroxyl groups excluding tert-OH is 1. The molecule has 0 spiro atoms. The Morgan fingerprint density at radius 3 is 2.43 bits per heavy atom. The summed E-state index contributed by atoms with van der Waals surface area (Å²) in [6.45, 7) is 0. The lowest BCUT2D eigenvalue weighted by Gasteiger charge is -2.21. The molecule has 3 N–H and O–H groups in total. The first kappa shape index (κ1) is 17.9. The lowest BCUT2D eigenvalue weighted by molar-refractivity contribution is -0.274. The van der Waals surface area contributed by atoms with Crippen LogP contribution < -0.4 is 15.2 Å². The van der Waals surface area contributed by atoms with E-state index in [1.165, 1.54) is 13.2 Å². The minimum Gasteiger partial charge on any atom is -0.496 e. The first-order valence-electron chi connectivity index (χ1n) is 6.19. The van der Waals surface area contributed by atoms with E-state index in [0.29, 0.717) is 5.56 Å². The van der Waals surface area contributed by atoms with Crippen molar-refractivity contribution in [1.29, 1.82) is 0 Å². The molecule has 0 radical (unpaired) electrons. The molecule has 120 valence electrons. The molecule has 4 nitrogen and oxygen atoms in total. The first-order valence-corrected chi connectivity index (χ1v) is 6.19. The van der Waals surface area contributed by atoms with E-state index in [2.05, 4.69) is 4.74 Å². The van der Waals surface area contributed by atoms with E-state index < -0.39 is 18.5 Å². The highest BCUT2D eigenvalue weighted by Gasteiger charge is 2.36. The Morgan fingerprint density at radius 2 is 1.95 bits per heavy atom. The molecule has 1 saturated carbocycles. The van der Waals surface area contributed by atoms with Gasteiger partial charge in [0.15, 0.2) is 0 Å². The lowest BCUT2D eigenvalue weighted by atomic mass is 9.98. The fourth-order valence-corrected chi connectivity index (χ4v) is 2.08. The highest BCUT2D eigenvalue weighted by Crippen LogP contribution is 2.40. The van der Waals surface area contributed by atoms with Gasteiger partial charge in [-0.2, -0.15) is 0 Å². The number of benzene rings is 1. The number of nitrogens with two attached hydrogens (primary N) is 1. The number of methoxy groups -OCH3 is 1. The average Bonchev–Trinajstić information content (AvgIpc) is 3.19. The highest BCUT2D eigenvalue weighted by atomic mass is 35.5. The molecule has 0 unspecified atom stereocenters. The molecule has 0 aliphatic heterocycles. The molecule has 0 bridgehead atoms. The third-order valence-electron chi connectivity index (χ3n) is 3.27. The standard InChI is InChI=1S/C13H16F3NO3.ClH/c1-19-10-6-8(20-13(14,15)16)4-5-9(10)11(17)12(18)7-2-3-7;/h4-7,11-12,18H,2-3,17H2,1H3;1H/t11-,12+;/m1./s1. The van der Waals surface area contributed by atoms with Crippen LogP contribution in [0.3, 0.4) is 0 Å². The lowest BCUT2D eigenvalue weighted by Crippen LogP contribution is -2.28. The van der Waals surface area contributed by atoms with E-state index in [9.17, 15) is 18.3 Å². The first-order chi connectivity index (χ1) is 9.31. The molecule has 0 amide bonds. The molecular weight excluding hydrogens is 311 g/mol. The summed E-state index contributed by atoms with van der Waals surface area (Å²) in [6, 6.07) is 2.96. The molecule has 1 aliphatic carbocycles. The van der Waals surface area contributed by atoms with Crippen molar-refractivity contribution in [2.75, 3.05) is 7.11 Å². The summed E-state index contributed by atoms with van der Waals surface area (Å²) in [7, 11) is 1.33. The number of rotatable bonds is 5. The van der Waals surface area contributed by atoms with Crippen molar-refractivity contribution in [3.05, 3.63) is 23.8 Å². The Bertz CT molecular complexity index is 480. The molecule has 21 heavy (non-hydrogen) atoms. The van der Waals surface area contributed by atoms with Crippen molar-refractivity contribution >= 4 is 12.4 Å². The van der Waals surface area contributed by atoms with Crippen LogP contribution in [0.1, 0.15) is 24.4 Å². The zero-order valence-electron chi connectivity index (χ0n) is 11.3. The van der Waals surface area contributed by atoms with Crippen LogP contribution in [0.5, 0.6) is 11.5 Å². The smallest absolute Gasteiger partial charge is 0.496 e. The Kier molecular flexibility index (Phi) is 5.72. The van der Waals surface area contributed by atoms with Gasteiger partial charge in [-0.3, -0.25) is 0 Å². The van der Waals surface area contributed by atoms with Gasteiger partial charge < -0.3 is 20.3 Å². The van der Waals surface area contributed by atoms with Crippen LogP contribution in [0.4, 0.5) is 13.2 Å². The Labute approximate surface area is 126 Å². The molecule has 2 rings (SSSR count). The van der Waals surface area contributed by atoms with Gasteiger partial charge >= 0.3 is 6.36 Å².